The first-order valence-electron chi connectivity index (χ1n) is 13.5. The highest BCUT2D eigenvalue weighted by molar-refractivity contribution is 5.99. The molecule has 8 nitrogen and oxygen atoms in total. The van der Waals surface area contributed by atoms with Gasteiger partial charge < -0.3 is 9.47 Å². The average molecular weight is 498 g/mol. The summed E-state index contributed by atoms with van der Waals surface area (Å²) in [5.41, 5.74) is 6.90. The fourth-order valence-corrected chi connectivity index (χ4v) is 5.56. The third-order valence-electron chi connectivity index (χ3n) is 8.16. The summed E-state index contributed by atoms with van der Waals surface area (Å²) in [6.45, 7) is 8.75. The summed E-state index contributed by atoms with van der Waals surface area (Å²) >= 11 is 0. The molecule has 3 aromatic heterocycles. The third kappa shape index (κ3) is 4.89. The van der Waals surface area contributed by atoms with Crippen molar-refractivity contribution in [1.82, 2.24) is 34.3 Å². The summed E-state index contributed by atoms with van der Waals surface area (Å²) in [4.78, 5) is 20.3. The molecule has 2 fully saturated rings. The zero-order valence-electron chi connectivity index (χ0n) is 22.0. The molecule has 4 heterocycles. The van der Waals surface area contributed by atoms with Crippen molar-refractivity contribution in [2.75, 3.05) is 13.1 Å². The van der Waals surface area contributed by atoms with Crippen molar-refractivity contribution in [1.29, 1.82) is 0 Å². The number of piperidine rings is 1. The molecule has 8 heteroatoms. The predicted molar refractivity (Wildman–Crippen MR) is 142 cm³/mol. The standard InChI is InChI=1S/C29H35N7O/c1-19-4-6-22(7-5-19)14-25-20(2)32-28-26(16-31-36(28)21(25)3)29(37)34-12-10-23(11-13-34)15-27-33-30-18-35(27)17-24-8-9-24/h4-7,16,18,23-24H,8-15,17H2,1-3H3. The fraction of sp³-hybridized carbons (Fsp3) is 0.483. The first-order valence-corrected chi connectivity index (χ1v) is 13.5. The Hall–Kier alpha value is -3.55. The molecule has 2 aliphatic rings. The molecule has 4 aromatic rings. The number of carbonyl (C=O) groups excluding carboxylic acids is 1. The van der Waals surface area contributed by atoms with Gasteiger partial charge in [0.25, 0.3) is 5.91 Å². The van der Waals surface area contributed by atoms with Gasteiger partial charge in [0.05, 0.1) is 6.20 Å². The van der Waals surface area contributed by atoms with Crippen LogP contribution in [0.4, 0.5) is 0 Å². The summed E-state index contributed by atoms with van der Waals surface area (Å²) in [6, 6.07) is 8.60. The van der Waals surface area contributed by atoms with Crippen molar-refractivity contribution in [2.24, 2.45) is 11.8 Å². The molecule has 0 bridgehead atoms. The van der Waals surface area contributed by atoms with Crippen molar-refractivity contribution in [2.45, 2.75) is 65.8 Å². The Kier molecular flexibility index (Phi) is 6.26. The van der Waals surface area contributed by atoms with Gasteiger partial charge in [-0.3, -0.25) is 4.79 Å². The zero-order chi connectivity index (χ0) is 25.5. The van der Waals surface area contributed by atoms with Crippen LogP contribution in [0.3, 0.4) is 0 Å². The number of rotatable bonds is 7. The smallest absolute Gasteiger partial charge is 0.259 e. The van der Waals surface area contributed by atoms with E-state index < -0.39 is 0 Å². The fourth-order valence-electron chi connectivity index (χ4n) is 5.56. The number of aromatic nitrogens is 6. The Balaban J connectivity index is 1.14. The van der Waals surface area contributed by atoms with Gasteiger partial charge >= 0.3 is 0 Å². The quantitative estimate of drug-likeness (QED) is 0.379. The number of aryl methyl sites for hydroxylation is 3. The van der Waals surface area contributed by atoms with Gasteiger partial charge in [-0.25, -0.2) is 9.50 Å². The molecule has 1 saturated heterocycles. The second kappa shape index (κ2) is 9.72. The lowest BCUT2D eigenvalue weighted by atomic mass is 9.93. The summed E-state index contributed by atoms with van der Waals surface area (Å²) in [5.74, 6) is 2.46. The Morgan fingerprint density at radius 2 is 1.76 bits per heavy atom. The van der Waals surface area contributed by atoms with Gasteiger partial charge in [0, 0.05) is 43.9 Å². The van der Waals surface area contributed by atoms with Crippen LogP contribution in [-0.2, 0) is 19.4 Å². The second-order valence-corrected chi connectivity index (χ2v) is 11.0. The summed E-state index contributed by atoms with van der Waals surface area (Å²) in [7, 11) is 0. The van der Waals surface area contributed by atoms with Crippen molar-refractivity contribution in [3.05, 3.63) is 76.3 Å². The largest absolute Gasteiger partial charge is 0.338 e. The van der Waals surface area contributed by atoms with E-state index in [1.807, 2.05) is 22.7 Å². The molecule has 0 N–H and O–H groups in total. The molecule has 37 heavy (non-hydrogen) atoms. The number of amides is 1. The molecule has 0 unspecified atom stereocenters. The maximum atomic E-state index is 13.5. The molecule has 192 valence electrons. The van der Waals surface area contributed by atoms with Crippen LogP contribution < -0.4 is 0 Å². The van der Waals surface area contributed by atoms with Crippen LogP contribution in [0.15, 0.2) is 36.8 Å². The van der Waals surface area contributed by atoms with E-state index in [4.69, 9.17) is 4.98 Å². The van der Waals surface area contributed by atoms with Crippen molar-refractivity contribution in [3.63, 3.8) is 0 Å². The van der Waals surface area contributed by atoms with E-state index in [9.17, 15) is 4.79 Å². The first-order chi connectivity index (χ1) is 18.0. The molecule has 1 saturated carbocycles. The van der Waals surface area contributed by atoms with Crippen LogP contribution in [0.25, 0.3) is 5.65 Å². The molecule has 0 spiro atoms. The minimum Gasteiger partial charge on any atom is -0.338 e. The summed E-state index contributed by atoms with van der Waals surface area (Å²) < 4.78 is 4.07. The molecule has 1 aliphatic carbocycles. The number of benzene rings is 1. The molecule has 0 atom stereocenters. The minimum atomic E-state index is 0.0305. The maximum Gasteiger partial charge on any atom is 0.259 e. The third-order valence-corrected chi connectivity index (χ3v) is 8.16. The Morgan fingerprint density at radius 3 is 2.49 bits per heavy atom. The van der Waals surface area contributed by atoms with Gasteiger partial charge in [-0.05, 0) is 69.4 Å². The van der Waals surface area contributed by atoms with Gasteiger partial charge in [0.15, 0.2) is 5.65 Å². The van der Waals surface area contributed by atoms with Gasteiger partial charge in [0.1, 0.15) is 17.7 Å². The summed E-state index contributed by atoms with van der Waals surface area (Å²) in [5, 5.41) is 13.1. The van der Waals surface area contributed by atoms with Crippen LogP contribution in [0, 0.1) is 32.6 Å². The van der Waals surface area contributed by atoms with E-state index >= 15 is 0 Å². The lowest BCUT2D eigenvalue weighted by Crippen LogP contribution is -2.39. The monoisotopic (exact) mass is 497 g/mol. The normalized spacial score (nSPS) is 16.6. The van der Waals surface area contributed by atoms with Crippen LogP contribution in [0.2, 0.25) is 0 Å². The lowest BCUT2D eigenvalue weighted by Gasteiger charge is -2.31. The highest BCUT2D eigenvalue weighted by atomic mass is 16.2. The van der Waals surface area contributed by atoms with E-state index in [0.717, 1.165) is 74.0 Å². The molecule has 1 aromatic carbocycles. The number of carbonyl (C=O) groups is 1. The van der Waals surface area contributed by atoms with Crippen LogP contribution in [0.5, 0.6) is 0 Å². The average Bonchev–Trinajstić information content (AvgIpc) is 3.46. The van der Waals surface area contributed by atoms with E-state index in [1.165, 1.54) is 24.0 Å². The second-order valence-electron chi connectivity index (χ2n) is 11.0. The summed E-state index contributed by atoms with van der Waals surface area (Å²) in [6.07, 6.45) is 9.91. The number of likely N-dealkylation sites (tertiary alicyclic amines) is 1. The maximum absolute atomic E-state index is 13.5. The van der Waals surface area contributed by atoms with E-state index in [2.05, 4.69) is 58.0 Å². The molecule has 0 radical (unpaired) electrons. The number of nitrogens with zero attached hydrogens (tertiary/aromatic N) is 7. The molecular formula is C29H35N7O. The van der Waals surface area contributed by atoms with Crippen molar-refractivity contribution < 1.29 is 4.79 Å². The van der Waals surface area contributed by atoms with Crippen LogP contribution >= 0.6 is 0 Å². The highest BCUT2D eigenvalue weighted by Gasteiger charge is 2.29. The minimum absolute atomic E-state index is 0.0305. The van der Waals surface area contributed by atoms with E-state index in [-0.39, 0.29) is 5.91 Å². The first kappa shape index (κ1) is 23.8. The number of hydrogen-bond donors (Lipinski definition) is 0. The topological polar surface area (TPSA) is 81.2 Å². The SMILES string of the molecule is Cc1ccc(Cc2c(C)nc3c(C(=O)N4CCC(Cc5nncn5CC5CC5)CC4)cnn3c2C)cc1. The molecular weight excluding hydrogens is 462 g/mol. The molecule has 1 aliphatic heterocycles. The zero-order valence-corrected chi connectivity index (χ0v) is 22.0. The molecule has 6 rings (SSSR count). The molecule has 1 amide bonds. The number of fused-ring (bicyclic) bond motifs is 1. The van der Waals surface area contributed by atoms with Gasteiger partial charge in [-0.2, -0.15) is 5.10 Å². The van der Waals surface area contributed by atoms with Gasteiger partial charge in [-0.1, -0.05) is 29.8 Å². The van der Waals surface area contributed by atoms with Crippen molar-refractivity contribution >= 4 is 11.6 Å². The van der Waals surface area contributed by atoms with Crippen molar-refractivity contribution in [3.8, 4) is 0 Å². The Morgan fingerprint density at radius 1 is 1.00 bits per heavy atom. The van der Waals surface area contributed by atoms with E-state index in [1.54, 1.807) is 6.20 Å². The predicted octanol–water partition coefficient (Wildman–Crippen LogP) is 4.34. The van der Waals surface area contributed by atoms with Gasteiger partial charge in [-0.15, -0.1) is 10.2 Å². The number of hydrogen-bond acceptors (Lipinski definition) is 5. The lowest BCUT2D eigenvalue weighted by molar-refractivity contribution is 0.0691. The van der Waals surface area contributed by atoms with Crippen LogP contribution in [0.1, 0.15) is 69.9 Å². The van der Waals surface area contributed by atoms with Crippen LogP contribution in [-0.4, -0.2) is 53.3 Å². The van der Waals surface area contributed by atoms with E-state index in [0.29, 0.717) is 17.1 Å². The Bertz CT molecular complexity index is 1420. The Labute approximate surface area is 217 Å². The van der Waals surface area contributed by atoms with Gasteiger partial charge in [0.2, 0.25) is 0 Å². The highest BCUT2D eigenvalue weighted by Crippen LogP contribution is 2.31.